The van der Waals surface area contributed by atoms with Gasteiger partial charge in [0.15, 0.2) is 0 Å². The van der Waals surface area contributed by atoms with Gasteiger partial charge in [-0.05, 0) is 38.3 Å². The Hall–Kier alpha value is -1.22. The van der Waals surface area contributed by atoms with Crippen molar-refractivity contribution >= 4 is 17.7 Å². The maximum atomic E-state index is 11.2. The zero-order chi connectivity index (χ0) is 15.0. The van der Waals surface area contributed by atoms with Crippen molar-refractivity contribution in [2.24, 2.45) is 0 Å². The minimum Gasteiger partial charge on any atom is -0.462 e. The van der Waals surface area contributed by atoms with Crippen LogP contribution in [-0.2, 0) is 9.53 Å². The summed E-state index contributed by atoms with van der Waals surface area (Å²) in [5, 5.41) is 0. The minimum atomic E-state index is -0.289. The van der Waals surface area contributed by atoms with Crippen molar-refractivity contribution < 1.29 is 9.53 Å². The summed E-state index contributed by atoms with van der Waals surface area (Å²) in [6, 6.07) is 10.4. The van der Waals surface area contributed by atoms with E-state index >= 15 is 0 Å². The number of rotatable bonds is 8. The van der Waals surface area contributed by atoms with Crippen molar-refractivity contribution in [3.63, 3.8) is 0 Å². The third-order valence-electron chi connectivity index (χ3n) is 2.89. The number of thioether (sulfide) groups is 1. The number of unbranched alkanes of at least 4 members (excludes halogenated alkanes) is 1. The van der Waals surface area contributed by atoms with Crippen LogP contribution in [0.1, 0.15) is 40.0 Å². The number of carbonyl (C=O) groups excluding carboxylic acids is 1. The number of ether oxygens (including phenoxy) is 1. The molecule has 0 fully saturated rings. The molecule has 1 aromatic carbocycles. The summed E-state index contributed by atoms with van der Waals surface area (Å²) in [5.74, 6) is -0.289. The van der Waals surface area contributed by atoms with Crippen LogP contribution < -0.4 is 0 Å². The average Bonchev–Trinajstić information content (AvgIpc) is 2.38. The van der Waals surface area contributed by atoms with Crippen molar-refractivity contribution in [1.29, 1.82) is 0 Å². The lowest BCUT2D eigenvalue weighted by molar-refractivity contribution is -0.139. The predicted molar refractivity (Wildman–Crippen MR) is 86.0 cm³/mol. The minimum absolute atomic E-state index is 0.194. The number of benzene rings is 1. The number of esters is 1. The van der Waals surface area contributed by atoms with E-state index in [1.807, 2.05) is 17.8 Å². The fraction of sp³-hybridized carbons (Fsp3) is 0.471. The fourth-order valence-corrected chi connectivity index (χ4v) is 2.98. The quantitative estimate of drug-likeness (QED) is 0.296. The van der Waals surface area contributed by atoms with Gasteiger partial charge in [0.1, 0.15) is 0 Å². The van der Waals surface area contributed by atoms with Crippen LogP contribution in [0.3, 0.4) is 0 Å². The van der Waals surface area contributed by atoms with Crippen molar-refractivity contribution in [2.75, 3.05) is 6.61 Å². The van der Waals surface area contributed by atoms with E-state index in [0.717, 1.165) is 19.3 Å². The van der Waals surface area contributed by atoms with Crippen LogP contribution in [0.2, 0.25) is 0 Å². The van der Waals surface area contributed by atoms with Crippen LogP contribution in [0.25, 0.3) is 0 Å². The Kier molecular flexibility index (Phi) is 6.86. The zero-order valence-electron chi connectivity index (χ0n) is 12.6. The van der Waals surface area contributed by atoms with E-state index in [4.69, 9.17) is 4.74 Å². The second kappa shape index (κ2) is 8.15. The topological polar surface area (TPSA) is 26.3 Å². The van der Waals surface area contributed by atoms with Crippen LogP contribution in [0.5, 0.6) is 0 Å². The summed E-state index contributed by atoms with van der Waals surface area (Å²) in [5.41, 5.74) is 0.463. The first-order valence-electron chi connectivity index (χ1n) is 6.97. The lowest BCUT2D eigenvalue weighted by Gasteiger charge is -2.24. The first kappa shape index (κ1) is 16.8. The van der Waals surface area contributed by atoms with Crippen molar-refractivity contribution in [3.8, 4) is 0 Å². The van der Waals surface area contributed by atoms with E-state index in [9.17, 15) is 4.79 Å². The highest BCUT2D eigenvalue weighted by atomic mass is 32.2. The van der Waals surface area contributed by atoms with E-state index in [-0.39, 0.29) is 10.7 Å². The van der Waals surface area contributed by atoms with Crippen LogP contribution in [-0.4, -0.2) is 17.3 Å². The zero-order valence-corrected chi connectivity index (χ0v) is 13.5. The van der Waals surface area contributed by atoms with Crippen molar-refractivity contribution in [3.05, 3.63) is 42.5 Å². The monoisotopic (exact) mass is 292 g/mol. The summed E-state index contributed by atoms with van der Waals surface area (Å²) in [6.07, 6.45) is 3.05. The van der Waals surface area contributed by atoms with E-state index in [1.54, 1.807) is 6.92 Å². The molecule has 3 heteroatoms. The van der Waals surface area contributed by atoms with E-state index in [2.05, 4.69) is 44.7 Å². The van der Waals surface area contributed by atoms with Crippen molar-refractivity contribution in [2.45, 2.75) is 49.7 Å². The Morgan fingerprint density at radius 3 is 2.50 bits per heavy atom. The van der Waals surface area contributed by atoms with Crippen LogP contribution in [0, 0.1) is 0 Å². The molecule has 0 N–H and O–H groups in total. The second-order valence-corrected chi connectivity index (χ2v) is 7.33. The van der Waals surface area contributed by atoms with Crippen molar-refractivity contribution in [1.82, 2.24) is 0 Å². The second-order valence-electron chi connectivity index (χ2n) is 5.55. The molecule has 0 amide bonds. The third-order valence-corrected chi connectivity index (χ3v) is 4.16. The SMILES string of the molecule is C=C(C)C(=O)OCCCCC(C)(C)Sc1ccccc1. The molecule has 0 saturated carbocycles. The van der Waals surface area contributed by atoms with Crippen LogP contribution in [0.4, 0.5) is 0 Å². The maximum Gasteiger partial charge on any atom is 0.333 e. The molecule has 0 atom stereocenters. The van der Waals surface area contributed by atoms with E-state index in [1.165, 1.54) is 4.90 Å². The summed E-state index contributed by atoms with van der Waals surface area (Å²) >= 11 is 1.89. The van der Waals surface area contributed by atoms with Gasteiger partial charge in [-0.15, -0.1) is 11.8 Å². The van der Waals surface area contributed by atoms with Gasteiger partial charge < -0.3 is 4.74 Å². The molecule has 1 aromatic rings. The molecule has 0 saturated heterocycles. The summed E-state index contributed by atoms with van der Waals surface area (Å²) in [7, 11) is 0. The summed E-state index contributed by atoms with van der Waals surface area (Å²) in [4.78, 5) is 12.5. The lowest BCUT2D eigenvalue weighted by Crippen LogP contribution is -2.15. The Morgan fingerprint density at radius 2 is 1.90 bits per heavy atom. The molecule has 0 aliphatic rings. The molecule has 0 unspecified atom stereocenters. The van der Waals surface area contributed by atoms with Gasteiger partial charge in [0.25, 0.3) is 0 Å². The highest BCUT2D eigenvalue weighted by molar-refractivity contribution is 8.00. The van der Waals surface area contributed by atoms with Gasteiger partial charge in [-0.3, -0.25) is 0 Å². The average molecular weight is 292 g/mol. The molecule has 1 rings (SSSR count). The normalized spacial score (nSPS) is 11.2. The van der Waals surface area contributed by atoms with E-state index < -0.39 is 0 Å². The molecule has 0 aromatic heterocycles. The Bertz CT molecular complexity index is 438. The summed E-state index contributed by atoms with van der Waals surface area (Å²) < 4.78 is 5.29. The molecule has 0 bridgehead atoms. The van der Waals surface area contributed by atoms with Gasteiger partial charge in [-0.1, -0.05) is 38.6 Å². The predicted octanol–water partition coefficient (Wildman–Crippen LogP) is 4.85. The smallest absolute Gasteiger partial charge is 0.333 e. The summed E-state index contributed by atoms with van der Waals surface area (Å²) in [6.45, 7) is 10.2. The highest BCUT2D eigenvalue weighted by Crippen LogP contribution is 2.35. The number of hydrogen-bond donors (Lipinski definition) is 0. The van der Waals surface area contributed by atoms with Gasteiger partial charge >= 0.3 is 5.97 Å². The molecule has 20 heavy (non-hydrogen) atoms. The molecule has 0 spiro atoms. The standard InChI is InChI=1S/C17H24O2S/c1-14(2)16(18)19-13-9-8-12-17(3,4)20-15-10-6-5-7-11-15/h5-7,10-11H,1,8-9,12-13H2,2-4H3. The molecule has 110 valence electrons. The molecule has 0 heterocycles. The molecule has 2 nitrogen and oxygen atoms in total. The Morgan fingerprint density at radius 1 is 1.25 bits per heavy atom. The fourth-order valence-electron chi connectivity index (χ4n) is 1.80. The molecular weight excluding hydrogens is 268 g/mol. The van der Waals surface area contributed by atoms with Gasteiger partial charge in [0.2, 0.25) is 0 Å². The molecule has 0 aliphatic carbocycles. The van der Waals surface area contributed by atoms with E-state index in [0.29, 0.717) is 12.2 Å². The largest absolute Gasteiger partial charge is 0.462 e. The van der Waals surface area contributed by atoms with Gasteiger partial charge in [0, 0.05) is 15.2 Å². The van der Waals surface area contributed by atoms with Gasteiger partial charge in [-0.2, -0.15) is 0 Å². The first-order valence-corrected chi connectivity index (χ1v) is 7.79. The lowest BCUT2D eigenvalue weighted by atomic mass is 10.1. The molecule has 0 aliphatic heterocycles. The van der Waals surface area contributed by atoms with Crippen LogP contribution in [0.15, 0.2) is 47.4 Å². The van der Waals surface area contributed by atoms with Crippen LogP contribution >= 0.6 is 11.8 Å². The van der Waals surface area contributed by atoms with Gasteiger partial charge in [-0.25, -0.2) is 4.79 Å². The Balaban J connectivity index is 2.23. The highest BCUT2D eigenvalue weighted by Gasteiger charge is 2.18. The number of hydrogen-bond acceptors (Lipinski definition) is 3. The number of carbonyl (C=O) groups is 1. The maximum absolute atomic E-state index is 11.2. The van der Waals surface area contributed by atoms with Gasteiger partial charge in [0.05, 0.1) is 6.61 Å². The molecule has 0 radical (unpaired) electrons. The molecular formula is C17H24O2S. The first-order chi connectivity index (χ1) is 9.41. The third kappa shape index (κ3) is 6.80. The Labute approximate surface area is 126 Å².